The number of carbonyl (C=O) groups is 2. The SMILES string of the molecule is CC(C)(CCC(=O)CCC/C(N)=N/O)c1coc(-c2ccc(F)cc2)n1.[C-]#[N+]CCCC(=O)CCC(C)(C)c1coc(-c2ccc(F)cc2)n1. The van der Waals surface area contributed by atoms with Crippen LogP contribution in [0.25, 0.3) is 27.8 Å². The van der Waals surface area contributed by atoms with Crippen LogP contribution in [0.5, 0.6) is 0 Å². The summed E-state index contributed by atoms with van der Waals surface area (Å²) in [5, 5.41) is 11.4. The molecule has 0 saturated heterocycles. The highest BCUT2D eigenvalue weighted by Gasteiger charge is 2.27. The Morgan fingerprint density at radius 2 is 1.18 bits per heavy atom. The van der Waals surface area contributed by atoms with Gasteiger partial charge >= 0.3 is 0 Å². The highest BCUT2D eigenvalue weighted by atomic mass is 19.1. The number of rotatable bonds is 17. The molecule has 3 N–H and O–H groups in total. The lowest BCUT2D eigenvalue weighted by Crippen LogP contribution is -2.19. The van der Waals surface area contributed by atoms with E-state index in [0.717, 1.165) is 11.4 Å². The van der Waals surface area contributed by atoms with Crippen LogP contribution >= 0.6 is 0 Å². The Bertz CT molecular complexity index is 1750. The monoisotopic (exact) mass is 689 g/mol. The molecular weight excluding hydrogens is 644 g/mol. The molecule has 266 valence electrons. The molecule has 0 amide bonds. The van der Waals surface area contributed by atoms with Gasteiger partial charge in [-0.1, -0.05) is 32.9 Å². The van der Waals surface area contributed by atoms with Gasteiger partial charge < -0.3 is 24.6 Å². The molecule has 0 aliphatic carbocycles. The Morgan fingerprint density at radius 1 is 0.760 bits per heavy atom. The second kappa shape index (κ2) is 18.5. The number of hydrogen-bond donors (Lipinski definition) is 2. The topological polar surface area (TPSA) is 149 Å². The zero-order valence-electron chi connectivity index (χ0n) is 29.0. The Kier molecular flexibility index (Phi) is 14.6. The fourth-order valence-electron chi connectivity index (χ4n) is 4.90. The number of amidine groups is 1. The average molecular weight is 690 g/mol. The normalized spacial score (nSPS) is 11.8. The van der Waals surface area contributed by atoms with Crippen molar-refractivity contribution < 1.29 is 32.4 Å². The van der Waals surface area contributed by atoms with E-state index >= 15 is 0 Å². The molecule has 0 unspecified atom stereocenters. The molecule has 0 radical (unpaired) electrons. The molecular formula is C38H45F2N5O5. The van der Waals surface area contributed by atoms with Gasteiger partial charge in [0.05, 0.1) is 11.4 Å². The molecule has 0 fully saturated rings. The van der Waals surface area contributed by atoms with Crippen molar-refractivity contribution in [2.45, 2.75) is 96.3 Å². The molecule has 10 nitrogen and oxygen atoms in total. The summed E-state index contributed by atoms with van der Waals surface area (Å²) in [6.07, 6.45) is 7.80. The highest BCUT2D eigenvalue weighted by Crippen LogP contribution is 2.32. The zero-order chi connectivity index (χ0) is 36.7. The first-order valence-corrected chi connectivity index (χ1v) is 16.5. The van der Waals surface area contributed by atoms with E-state index in [-0.39, 0.29) is 39.9 Å². The van der Waals surface area contributed by atoms with E-state index < -0.39 is 0 Å². The van der Waals surface area contributed by atoms with Gasteiger partial charge in [-0.2, -0.15) is 0 Å². The standard InChI is InChI=1S/C19H24FN3O3.C19H21FN2O2/c1-19(2,11-10-15(24)4-3-5-17(21)23-25)16-12-26-18(22-16)13-6-8-14(20)9-7-13;1-19(2,11-10-16(23)5-4-12-21-3)17-13-24-18(22-17)14-6-8-15(20)9-7-14/h6-9,12,25H,3-5,10-11H2,1-2H3,(H2,21,23);6-9,13H,4-5,10-12H2,1-2H3. The van der Waals surface area contributed by atoms with E-state index in [1.807, 2.05) is 27.7 Å². The third-order valence-corrected chi connectivity index (χ3v) is 8.38. The number of halogens is 2. The summed E-state index contributed by atoms with van der Waals surface area (Å²) >= 11 is 0. The zero-order valence-corrected chi connectivity index (χ0v) is 29.0. The number of ketones is 2. The van der Waals surface area contributed by atoms with E-state index in [9.17, 15) is 18.4 Å². The van der Waals surface area contributed by atoms with Crippen LogP contribution in [0.2, 0.25) is 0 Å². The smallest absolute Gasteiger partial charge is 0.226 e. The Morgan fingerprint density at radius 3 is 1.58 bits per heavy atom. The first-order chi connectivity index (χ1) is 23.7. The van der Waals surface area contributed by atoms with Crippen LogP contribution in [0.15, 0.2) is 75.0 Å². The van der Waals surface area contributed by atoms with Crippen molar-refractivity contribution in [1.29, 1.82) is 0 Å². The second-order valence-electron chi connectivity index (χ2n) is 13.4. The number of carbonyl (C=O) groups excluding carboxylic acids is 2. The molecule has 0 atom stereocenters. The number of benzene rings is 2. The Balaban J connectivity index is 0.000000271. The Hall–Kier alpha value is -5.18. The van der Waals surface area contributed by atoms with Crippen molar-refractivity contribution in [2.75, 3.05) is 6.54 Å². The van der Waals surface area contributed by atoms with Gasteiger partial charge in [0, 0.05) is 60.5 Å². The van der Waals surface area contributed by atoms with Crippen molar-refractivity contribution >= 4 is 17.4 Å². The molecule has 0 spiro atoms. The number of hydrogen-bond acceptors (Lipinski definition) is 8. The van der Waals surface area contributed by atoms with Gasteiger partial charge in [0.15, 0.2) is 0 Å². The van der Waals surface area contributed by atoms with Crippen molar-refractivity contribution in [3.63, 3.8) is 0 Å². The lowest BCUT2D eigenvalue weighted by Gasteiger charge is -2.21. The second-order valence-corrected chi connectivity index (χ2v) is 13.4. The number of oxime groups is 1. The molecule has 4 aromatic rings. The van der Waals surface area contributed by atoms with Crippen LogP contribution in [-0.2, 0) is 20.4 Å². The molecule has 50 heavy (non-hydrogen) atoms. The first-order valence-electron chi connectivity index (χ1n) is 16.5. The number of aromatic nitrogens is 2. The summed E-state index contributed by atoms with van der Waals surface area (Å²) in [6.45, 7) is 15.2. The van der Waals surface area contributed by atoms with Crippen molar-refractivity contribution in [3.05, 3.63) is 95.5 Å². The Labute approximate surface area is 291 Å². The molecule has 2 aromatic carbocycles. The van der Waals surface area contributed by atoms with Crippen LogP contribution < -0.4 is 5.73 Å². The van der Waals surface area contributed by atoms with E-state index in [1.54, 1.807) is 36.8 Å². The van der Waals surface area contributed by atoms with Gasteiger partial charge in [0.1, 0.15) is 41.6 Å². The number of nitrogens with two attached hydrogens (primary N) is 1. The minimum Gasteiger partial charge on any atom is -0.444 e. The molecule has 2 aromatic heterocycles. The lowest BCUT2D eigenvalue weighted by molar-refractivity contribution is -0.120. The van der Waals surface area contributed by atoms with Crippen molar-refractivity contribution in [1.82, 2.24) is 9.97 Å². The predicted octanol–water partition coefficient (Wildman–Crippen LogP) is 8.83. The third kappa shape index (κ3) is 12.4. The summed E-state index contributed by atoms with van der Waals surface area (Å²) in [7, 11) is 0. The third-order valence-electron chi connectivity index (χ3n) is 8.38. The summed E-state index contributed by atoms with van der Waals surface area (Å²) < 4.78 is 37.0. The number of oxazole rings is 2. The van der Waals surface area contributed by atoms with Gasteiger partial charge in [-0.3, -0.25) is 9.59 Å². The van der Waals surface area contributed by atoms with Crippen molar-refractivity contribution in [3.8, 4) is 22.9 Å². The maximum absolute atomic E-state index is 13.0. The largest absolute Gasteiger partial charge is 0.444 e. The van der Waals surface area contributed by atoms with Crippen LogP contribution in [0.3, 0.4) is 0 Å². The van der Waals surface area contributed by atoms with Crippen LogP contribution in [0.1, 0.15) is 96.9 Å². The highest BCUT2D eigenvalue weighted by molar-refractivity contribution is 5.82. The first kappa shape index (κ1) is 39.3. The summed E-state index contributed by atoms with van der Waals surface area (Å²) in [5.74, 6) is 0.697. The molecule has 4 rings (SSSR count). The lowest BCUT2D eigenvalue weighted by atomic mass is 9.84. The molecule has 0 aliphatic heterocycles. The van der Waals surface area contributed by atoms with Crippen LogP contribution in [-0.4, -0.2) is 39.1 Å². The van der Waals surface area contributed by atoms with E-state index in [2.05, 4.69) is 20.0 Å². The average Bonchev–Trinajstić information content (AvgIpc) is 3.80. The fourth-order valence-corrected chi connectivity index (χ4v) is 4.90. The van der Waals surface area contributed by atoms with Gasteiger partial charge in [0.2, 0.25) is 18.3 Å². The van der Waals surface area contributed by atoms with Gasteiger partial charge in [0.25, 0.3) is 0 Å². The maximum Gasteiger partial charge on any atom is 0.226 e. The number of Topliss-reactive ketones (excluding diaryl/α,β-unsaturated/α-hetero) is 2. The summed E-state index contributed by atoms with van der Waals surface area (Å²) in [4.78, 5) is 36.1. The predicted molar refractivity (Wildman–Crippen MR) is 186 cm³/mol. The summed E-state index contributed by atoms with van der Waals surface area (Å²) in [6, 6.07) is 11.9. The van der Waals surface area contributed by atoms with Crippen LogP contribution in [0, 0.1) is 18.2 Å². The van der Waals surface area contributed by atoms with E-state index in [0.29, 0.717) is 87.2 Å². The minimum absolute atomic E-state index is 0.131. The summed E-state index contributed by atoms with van der Waals surface area (Å²) in [5.41, 5.74) is 7.70. The fraction of sp³-hybridized carbons (Fsp3) is 0.421. The number of nitrogens with zero attached hydrogens (tertiary/aromatic N) is 4. The molecule has 0 saturated carbocycles. The van der Waals surface area contributed by atoms with Gasteiger partial charge in [-0.05, 0) is 67.8 Å². The van der Waals surface area contributed by atoms with Gasteiger partial charge in [-0.15, -0.1) is 0 Å². The van der Waals surface area contributed by atoms with E-state index in [4.69, 9.17) is 26.3 Å². The van der Waals surface area contributed by atoms with E-state index in [1.165, 1.54) is 24.3 Å². The van der Waals surface area contributed by atoms with Crippen LogP contribution in [0.4, 0.5) is 8.78 Å². The van der Waals surface area contributed by atoms with Gasteiger partial charge in [-0.25, -0.2) is 25.3 Å². The molecule has 2 heterocycles. The molecule has 12 heteroatoms. The quantitative estimate of drug-likeness (QED) is 0.0279. The minimum atomic E-state index is -0.330. The maximum atomic E-state index is 13.0. The molecule has 0 bridgehead atoms. The molecule has 0 aliphatic rings. The van der Waals surface area contributed by atoms with Crippen molar-refractivity contribution in [2.24, 2.45) is 10.9 Å².